The van der Waals surface area contributed by atoms with Crippen LogP contribution in [0.25, 0.3) is 17.0 Å². The third kappa shape index (κ3) is 4.05. The number of benzene rings is 2. The fraction of sp³-hybridized carbons (Fsp3) is 0. The van der Waals surface area contributed by atoms with E-state index in [-0.39, 0.29) is 21.3 Å². The van der Waals surface area contributed by atoms with E-state index in [1.807, 2.05) is 0 Å². The fourth-order valence-corrected chi connectivity index (χ4v) is 3.29. The normalized spacial score (nSPS) is 11.1. The maximum Gasteiger partial charge on any atom is 0.352 e. The Morgan fingerprint density at radius 2 is 2.00 bits per heavy atom. The number of aromatic nitrogens is 1. The number of amides is 1. The van der Waals surface area contributed by atoms with Gasteiger partial charge in [0.05, 0.1) is 15.6 Å². The molecule has 0 saturated heterocycles. The molecule has 0 radical (unpaired) electrons. The van der Waals surface area contributed by atoms with E-state index in [2.05, 4.69) is 10.3 Å². The van der Waals surface area contributed by atoms with Crippen LogP contribution in [0.3, 0.4) is 0 Å². The summed E-state index contributed by atoms with van der Waals surface area (Å²) in [4.78, 5) is 36.2. The van der Waals surface area contributed by atoms with Crippen molar-refractivity contribution in [2.24, 2.45) is 0 Å². The molecular weight excluding hydrogens is 428 g/mol. The molecule has 11 heteroatoms. The molecule has 0 spiro atoms. The van der Waals surface area contributed by atoms with E-state index in [0.717, 1.165) is 18.2 Å². The number of hydrogen-bond acceptors (Lipinski definition) is 4. The molecule has 0 aliphatic carbocycles. The number of aromatic amines is 1. The van der Waals surface area contributed by atoms with Gasteiger partial charge < -0.3 is 15.4 Å². The van der Waals surface area contributed by atoms with Crippen molar-refractivity contribution in [1.29, 1.82) is 0 Å². The van der Waals surface area contributed by atoms with Gasteiger partial charge in [0.25, 0.3) is 0 Å². The Bertz CT molecular complexity index is 1210. The van der Waals surface area contributed by atoms with E-state index >= 15 is 0 Å². The number of nitrogens with one attached hydrogen (secondary N) is 2. The van der Waals surface area contributed by atoms with Gasteiger partial charge in [-0.3, -0.25) is 14.9 Å². The van der Waals surface area contributed by atoms with Crippen molar-refractivity contribution < 1.29 is 24.0 Å². The summed E-state index contributed by atoms with van der Waals surface area (Å²) >= 11 is 12.1. The quantitative estimate of drug-likeness (QED) is 0.298. The van der Waals surface area contributed by atoms with Gasteiger partial charge in [-0.05, 0) is 24.3 Å². The summed E-state index contributed by atoms with van der Waals surface area (Å²) in [6.45, 7) is 0. The molecular formula is C18H10Cl2FN3O5. The summed E-state index contributed by atoms with van der Waals surface area (Å²) in [5.41, 5.74) is -0.945. The number of carboxylic acid groups (broad SMARTS) is 1. The molecule has 148 valence electrons. The number of nitrogens with zero attached hydrogens (tertiary/aromatic N) is 1. The number of nitro benzene ring substituents is 1. The molecule has 0 atom stereocenters. The number of H-pyrrole nitrogens is 1. The predicted molar refractivity (Wildman–Crippen MR) is 106 cm³/mol. The summed E-state index contributed by atoms with van der Waals surface area (Å²) in [7, 11) is 0. The van der Waals surface area contributed by atoms with Crippen LogP contribution in [0.5, 0.6) is 0 Å². The number of carbonyl (C=O) groups is 2. The monoisotopic (exact) mass is 437 g/mol. The number of rotatable bonds is 5. The van der Waals surface area contributed by atoms with E-state index in [4.69, 9.17) is 23.2 Å². The number of anilines is 1. The highest BCUT2D eigenvalue weighted by atomic mass is 35.5. The topological polar surface area (TPSA) is 125 Å². The first-order valence-corrected chi connectivity index (χ1v) is 8.60. The van der Waals surface area contributed by atoms with Crippen molar-refractivity contribution in [3.05, 3.63) is 73.6 Å². The van der Waals surface area contributed by atoms with Gasteiger partial charge in [-0.15, -0.1) is 0 Å². The molecule has 1 amide bonds. The van der Waals surface area contributed by atoms with Gasteiger partial charge in [-0.25, -0.2) is 4.79 Å². The third-order valence-electron chi connectivity index (χ3n) is 3.90. The molecule has 0 unspecified atom stereocenters. The highest BCUT2D eigenvalue weighted by Crippen LogP contribution is 2.33. The van der Waals surface area contributed by atoms with E-state index in [1.54, 1.807) is 0 Å². The van der Waals surface area contributed by atoms with E-state index in [1.165, 1.54) is 24.3 Å². The van der Waals surface area contributed by atoms with Crippen molar-refractivity contribution in [3.8, 4) is 0 Å². The molecule has 0 saturated carbocycles. The minimum Gasteiger partial charge on any atom is -0.477 e. The van der Waals surface area contributed by atoms with Crippen molar-refractivity contribution in [2.75, 3.05) is 5.32 Å². The van der Waals surface area contributed by atoms with Crippen LogP contribution in [0, 0.1) is 15.9 Å². The van der Waals surface area contributed by atoms with Crippen LogP contribution in [0.2, 0.25) is 10.0 Å². The number of carboxylic acids is 1. The fourth-order valence-electron chi connectivity index (χ4n) is 2.70. The number of aromatic carboxylic acids is 1. The van der Waals surface area contributed by atoms with Gasteiger partial charge in [0.1, 0.15) is 5.69 Å². The molecule has 0 aliphatic rings. The Labute approximate surface area is 171 Å². The standard InChI is InChI=1S/C18H10Cl2FN3O5/c19-8-6-10(20)15-9(17(18(26)27)23-12(15)7-8)4-5-14(25)22-11-2-1-3-13(16(11)21)24(28)29/h1-7,23H,(H,22,25)(H,26,27)/b5-4+. The second-order valence-electron chi connectivity index (χ2n) is 5.75. The van der Waals surface area contributed by atoms with Crippen LogP contribution in [0.4, 0.5) is 15.8 Å². The van der Waals surface area contributed by atoms with Gasteiger partial charge in [0, 0.05) is 33.6 Å². The van der Waals surface area contributed by atoms with E-state index in [9.17, 15) is 29.2 Å². The summed E-state index contributed by atoms with van der Waals surface area (Å²) in [5.74, 6) is -3.33. The average Bonchev–Trinajstić information content (AvgIpc) is 3.00. The van der Waals surface area contributed by atoms with Crippen molar-refractivity contribution >= 4 is 63.4 Å². The lowest BCUT2D eigenvalue weighted by molar-refractivity contribution is -0.387. The third-order valence-corrected chi connectivity index (χ3v) is 4.42. The van der Waals surface area contributed by atoms with Crippen molar-refractivity contribution in [2.45, 2.75) is 0 Å². The molecule has 1 heterocycles. The number of fused-ring (bicyclic) bond motifs is 1. The Morgan fingerprint density at radius 1 is 1.28 bits per heavy atom. The minimum absolute atomic E-state index is 0.115. The maximum atomic E-state index is 14.1. The predicted octanol–water partition coefficient (Wildman–Crippen LogP) is 4.87. The molecule has 3 N–H and O–H groups in total. The summed E-state index contributed by atoms with van der Waals surface area (Å²) in [5, 5.41) is 23.1. The zero-order chi connectivity index (χ0) is 21.3. The van der Waals surface area contributed by atoms with Crippen LogP contribution >= 0.6 is 23.2 Å². The van der Waals surface area contributed by atoms with Gasteiger partial charge in [0.2, 0.25) is 11.7 Å². The molecule has 0 aliphatic heterocycles. The summed E-state index contributed by atoms with van der Waals surface area (Å²) in [6, 6.07) is 6.22. The van der Waals surface area contributed by atoms with Gasteiger partial charge in [0.15, 0.2) is 0 Å². The number of carbonyl (C=O) groups excluding carboxylic acids is 1. The molecule has 1 aromatic heterocycles. The number of hydrogen-bond donors (Lipinski definition) is 3. The summed E-state index contributed by atoms with van der Waals surface area (Å²) < 4.78 is 14.1. The van der Waals surface area contributed by atoms with Crippen LogP contribution < -0.4 is 5.32 Å². The molecule has 29 heavy (non-hydrogen) atoms. The molecule has 3 rings (SSSR count). The zero-order valence-corrected chi connectivity index (χ0v) is 15.7. The first-order chi connectivity index (χ1) is 13.7. The van der Waals surface area contributed by atoms with Crippen LogP contribution in [-0.2, 0) is 4.79 Å². The Balaban J connectivity index is 1.96. The van der Waals surface area contributed by atoms with Crippen LogP contribution in [0.1, 0.15) is 16.1 Å². The lowest BCUT2D eigenvalue weighted by Crippen LogP contribution is -2.10. The Kier molecular flexibility index (Phi) is 5.53. The summed E-state index contributed by atoms with van der Waals surface area (Å²) in [6.07, 6.45) is 2.14. The Hall–Kier alpha value is -3.43. The Morgan fingerprint density at radius 3 is 2.66 bits per heavy atom. The second kappa shape index (κ2) is 7.90. The van der Waals surface area contributed by atoms with Gasteiger partial charge >= 0.3 is 11.7 Å². The van der Waals surface area contributed by atoms with E-state index < -0.39 is 34.0 Å². The smallest absolute Gasteiger partial charge is 0.352 e. The maximum absolute atomic E-state index is 14.1. The molecule has 2 aromatic carbocycles. The largest absolute Gasteiger partial charge is 0.477 e. The van der Waals surface area contributed by atoms with Crippen LogP contribution in [-0.4, -0.2) is 26.9 Å². The SMILES string of the molecule is O=C(/C=C/c1c(C(=O)O)[nH]c2cc(Cl)cc(Cl)c12)Nc1cccc([N+](=O)[O-])c1F. The average molecular weight is 438 g/mol. The van der Waals surface area contributed by atoms with Crippen molar-refractivity contribution in [3.63, 3.8) is 0 Å². The highest BCUT2D eigenvalue weighted by Gasteiger charge is 2.20. The molecule has 3 aromatic rings. The lowest BCUT2D eigenvalue weighted by atomic mass is 10.1. The molecule has 8 nitrogen and oxygen atoms in total. The zero-order valence-electron chi connectivity index (χ0n) is 14.2. The van der Waals surface area contributed by atoms with E-state index in [0.29, 0.717) is 10.9 Å². The van der Waals surface area contributed by atoms with Gasteiger partial charge in [-0.2, -0.15) is 4.39 Å². The number of nitro groups is 1. The minimum atomic E-state index is -1.29. The lowest BCUT2D eigenvalue weighted by Gasteiger charge is -2.04. The van der Waals surface area contributed by atoms with Crippen molar-refractivity contribution in [1.82, 2.24) is 4.98 Å². The number of halogens is 3. The highest BCUT2D eigenvalue weighted by molar-refractivity contribution is 6.39. The first kappa shape index (κ1) is 20.3. The molecule has 0 fully saturated rings. The first-order valence-electron chi connectivity index (χ1n) is 7.85. The molecule has 0 bridgehead atoms. The van der Waals surface area contributed by atoms with Gasteiger partial charge in [-0.1, -0.05) is 29.3 Å². The second-order valence-corrected chi connectivity index (χ2v) is 6.59. The van der Waals surface area contributed by atoms with Crippen LogP contribution in [0.15, 0.2) is 36.4 Å².